The molecule has 4 unspecified atom stereocenters. The molecular weight excluding hydrogens is 577 g/mol. The molecule has 0 saturated heterocycles. The molecule has 0 heteroatoms. The predicted octanol–water partition coefficient (Wildman–Crippen LogP) is 10.6. The van der Waals surface area contributed by atoms with Gasteiger partial charge < -0.3 is 0 Å². The summed E-state index contributed by atoms with van der Waals surface area (Å²) in [5.41, 5.74) is 11.8. The van der Waals surface area contributed by atoms with E-state index in [9.17, 15) is 0 Å². The molecular formula is C48H46. The molecule has 0 aromatic heterocycles. The zero-order valence-corrected chi connectivity index (χ0v) is 28.5. The molecule has 1 saturated carbocycles. The first kappa shape index (κ1) is 30.6. The maximum atomic E-state index is 4.18. The smallest absolute Gasteiger partial charge is 0.00648 e. The molecule has 0 aliphatic heterocycles. The fraction of sp³-hybridized carbons (Fsp3) is 0.250. The van der Waals surface area contributed by atoms with Crippen LogP contribution in [0.3, 0.4) is 0 Å². The van der Waals surface area contributed by atoms with Crippen molar-refractivity contribution >= 4 is 21.9 Å². The lowest BCUT2D eigenvalue weighted by Crippen LogP contribution is -2.38. The predicted molar refractivity (Wildman–Crippen MR) is 205 cm³/mol. The Bertz CT molecular complexity index is 2190. The second kappa shape index (κ2) is 12.7. The summed E-state index contributed by atoms with van der Waals surface area (Å²) >= 11 is 0. The first-order valence-corrected chi connectivity index (χ1v) is 18.0. The molecule has 4 aliphatic rings. The van der Waals surface area contributed by atoms with Crippen LogP contribution < -0.4 is 10.4 Å². The number of fused-ring (bicyclic) bond motifs is 3. The van der Waals surface area contributed by atoms with Crippen molar-refractivity contribution in [1.29, 1.82) is 0 Å². The molecule has 0 radical (unpaired) electrons. The van der Waals surface area contributed by atoms with Gasteiger partial charge >= 0.3 is 0 Å². The molecule has 238 valence electrons. The molecule has 1 spiro atoms. The van der Waals surface area contributed by atoms with Crippen molar-refractivity contribution in [1.82, 2.24) is 0 Å². The molecule has 0 bridgehead atoms. The highest BCUT2D eigenvalue weighted by Gasteiger charge is 2.65. The van der Waals surface area contributed by atoms with Crippen LogP contribution in [0.15, 0.2) is 163 Å². The molecule has 4 atom stereocenters. The summed E-state index contributed by atoms with van der Waals surface area (Å²) in [6, 6.07) is 34.1. The number of rotatable bonds is 6. The molecule has 0 heterocycles. The largest absolute Gasteiger partial charge is 0.0990 e. The molecule has 4 aromatic carbocycles. The fourth-order valence-corrected chi connectivity index (χ4v) is 9.58. The average molecular weight is 623 g/mol. The summed E-state index contributed by atoms with van der Waals surface area (Å²) in [7, 11) is 0. The maximum Gasteiger partial charge on any atom is 0.00648 e. The summed E-state index contributed by atoms with van der Waals surface area (Å²) in [4.78, 5) is 0. The molecule has 0 N–H and O–H groups in total. The molecule has 4 aromatic rings. The molecule has 0 nitrogen and oxygen atoms in total. The van der Waals surface area contributed by atoms with Gasteiger partial charge in [0.05, 0.1) is 0 Å². The fourth-order valence-electron chi connectivity index (χ4n) is 9.58. The maximum absolute atomic E-state index is 4.18. The van der Waals surface area contributed by atoms with Crippen molar-refractivity contribution < 1.29 is 0 Å². The van der Waals surface area contributed by atoms with Crippen LogP contribution in [0.1, 0.15) is 62.6 Å². The minimum absolute atomic E-state index is 0.302. The SMILES string of the molecule is C=C\C=C(/C=C(C)/C1=c2\cccc\c2=C(/c2ccc3ccccc3c2)C/C=C\C=C/C1)C1=CCC2C(CC)Cc3ccccc3C23CC13. The Morgan fingerprint density at radius 1 is 0.854 bits per heavy atom. The third-order valence-corrected chi connectivity index (χ3v) is 11.9. The van der Waals surface area contributed by atoms with Gasteiger partial charge in [-0.1, -0.05) is 153 Å². The van der Waals surface area contributed by atoms with Gasteiger partial charge in [0, 0.05) is 5.41 Å². The Labute approximate surface area is 286 Å². The van der Waals surface area contributed by atoms with Gasteiger partial charge in [0.2, 0.25) is 0 Å². The van der Waals surface area contributed by atoms with Crippen LogP contribution in [-0.4, -0.2) is 0 Å². The Kier molecular flexibility index (Phi) is 8.13. The normalized spacial score (nSPS) is 28.6. The van der Waals surface area contributed by atoms with Crippen molar-refractivity contribution in [3.63, 3.8) is 0 Å². The van der Waals surface area contributed by atoms with Gasteiger partial charge in [-0.2, -0.15) is 0 Å². The first-order valence-electron chi connectivity index (χ1n) is 18.0. The van der Waals surface area contributed by atoms with Gasteiger partial charge in [-0.3, -0.25) is 0 Å². The van der Waals surface area contributed by atoms with E-state index in [1.165, 1.54) is 80.3 Å². The highest BCUT2D eigenvalue weighted by Crippen LogP contribution is 2.70. The molecule has 4 aliphatic carbocycles. The van der Waals surface area contributed by atoms with Crippen LogP contribution in [0.25, 0.3) is 21.9 Å². The Morgan fingerprint density at radius 2 is 1.60 bits per heavy atom. The standard InChI is InChI=1S/C48H46/c1-4-16-37(42-27-28-46-34(5-2)30-39-19-12-15-24-45(39)48(46)32-47(42)48)29-33(3)40-20-8-6-7-9-21-41(44-23-14-13-22-43(40)44)38-26-25-35-17-10-11-18-36(35)31-38/h4,6-19,22-27,29,31,34,46-47H,1,5,20-21,28,30,32H2,2-3H3/b8-6-,9-7-,33-29+,37-16+,43-40+,44-41+. The van der Waals surface area contributed by atoms with Crippen LogP contribution in [-0.2, 0) is 11.8 Å². The number of hydrogen-bond donors (Lipinski definition) is 0. The van der Waals surface area contributed by atoms with Crippen molar-refractivity contribution in [3.05, 3.63) is 190 Å². The van der Waals surface area contributed by atoms with Crippen LogP contribution in [0.2, 0.25) is 0 Å². The molecule has 48 heavy (non-hydrogen) atoms. The van der Waals surface area contributed by atoms with E-state index in [0.29, 0.717) is 11.3 Å². The van der Waals surface area contributed by atoms with Crippen LogP contribution in [0.4, 0.5) is 0 Å². The molecule has 8 rings (SSSR count). The second-order valence-electron chi connectivity index (χ2n) is 14.3. The minimum atomic E-state index is 0.302. The molecule has 1 fully saturated rings. The third-order valence-electron chi connectivity index (χ3n) is 11.9. The van der Waals surface area contributed by atoms with Crippen LogP contribution >= 0.6 is 0 Å². The van der Waals surface area contributed by atoms with Crippen molar-refractivity contribution in [2.75, 3.05) is 0 Å². The summed E-state index contributed by atoms with van der Waals surface area (Å²) in [5, 5.41) is 5.23. The van der Waals surface area contributed by atoms with E-state index in [-0.39, 0.29) is 0 Å². The lowest BCUT2D eigenvalue weighted by atomic mass is 9.61. The number of benzene rings is 4. The molecule has 0 amide bonds. The van der Waals surface area contributed by atoms with Gasteiger partial charge in [0.1, 0.15) is 0 Å². The van der Waals surface area contributed by atoms with E-state index in [1.807, 2.05) is 6.08 Å². The van der Waals surface area contributed by atoms with Crippen molar-refractivity contribution in [3.8, 4) is 0 Å². The van der Waals surface area contributed by atoms with Gasteiger partial charge in [-0.25, -0.2) is 0 Å². The van der Waals surface area contributed by atoms with E-state index >= 15 is 0 Å². The zero-order valence-electron chi connectivity index (χ0n) is 28.5. The number of hydrogen-bond acceptors (Lipinski definition) is 0. The van der Waals surface area contributed by atoms with E-state index in [4.69, 9.17) is 0 Å². The first-order chi connectivity index (χ1) is 23.6. The summed E-state index contributed by atoms with van der Waals surface area (Å²) < 4.78 is 0. The van der Waals surface area contributed by atoms with E-state index in [0.717, 1.165) is 24.7 Å². The van der Waals surface area contributed by atoms with E-state index in [2.05, 4.69) is 154 Å². The van der Waals surface area contributed by atoms with Gasteiger partial charge in [-0.05, 0) is 129 Å². The topological polar surface area (TPSA) is 0 Å². The quantitative estimate of drug-likeness (QED) is 0.188. The average Bonchev–Trinajstić information content (AvgIpc) is 3.88. The van der Waals surface area contributed by atoms with Crippen LogP contribution in [0.5, 0.6) is 0 Å². The highest BCUT2D eigenvalue weighted by molar-refractivity contribution is 5.86. The lowest BCUT2D eigenvalue weighted by molar-refractivity contribution is 0.219. The van der Waals surface area contributed by atoms with Crippen LogP contribution in [0, 0.1) is 17.8 Å². The minimum Gasteiger partial charge on any atom is -0.0990 e. The highest BCUT2D eigenvalue weighted by atomic mass is 14.7. The Hall–Kier alpha value is -4.68. The summed E-state index contributed by atoms with van der Waals surface area (Å²) in [5.74, 6) is 2.11. The monoisotopic (exact) mass is 622 g/mol. The van der Waals surface area contributed by atoms with E-state index < -0.39 is 0 Å². The lowest BCUT2D eigenvalue weighted by Gasteiger charge is -2.43. The zero-order chi connectivity index (χ0) is 32.7. The van der Waals surface area contributed by atoms with Gasteiger partial charge in [0.25, 0.3) is 0 Å². The third kappa shape index (κ3) is 5.23. The number of allylic oxidation sites excluding steroid dienone is 11. The van der Waals surface area contributed by atoms with Crippen molar-refractivity contribution in [2.24, 2.45) is 17.8 Å². The van der Waals surface area contributed by atoms with Crippen molar-refractivity contribution in [2.45, 2.75) is 57.8 Å². The Morgan fingerprint density at radius 3 is 2.44 bits per heavy atom. The van der Waals surface area contributed by atoms with Gasteiger partial charge in [0.15, 0.2) is 0 Å². The van der Waals surface area contributed by atoms with Gasteiger partial charge in [-0.15, -0.1) is 0 Å². The Balaban J connectivity index is 1.26. The van der Waals surface area contributed by atoms with E-state index in [1.54, 1.807) is 11.1 Å². The summed E-state index contributed by atoms with van der Waals surface area (Å²) in [6.45, 7) is 8.91. The second-order valence-corrected chi connectivity index (χ2v) is 14.3. The summed E-state index contributed by atoms with van der Waals surface area (Å²) in [6.07, 6.45) is 25.1.